The van der Waals surface area contributed by atoms with Crippen LogP contribution in [0.3, 0.4) is 0 Å². The zero-order chi connectivity index (χ0) is 90.4. The fourth-order valence-electron chi connectivity index (χ4n) is 3.86. The van der Waals surface area contributed by atoms with Gasteiger partial charge in [0.25, 0.3) is 0 Å². The first-order chi connectivity index (χ1) is 63.4. The van der Waals surface area contributed by atoms with Crippen LogP contribution in [-0.2, 0) is 0 Å². The second-order valence-corrected chi connectivity index (χ2v) is 15.7. The van der Waals surface area contributed by atoms with Crippen molar-refractivity contribution in [3.05, 3.63) is 6.92 Å². The molecule has 0 saturated carbocycles. The molecule has 512 valence electrons. The molecule has 0 aliphatic carbocycles. The van der Waals surface area contributed by atoms with E-state index in [2.05, 4.69) is 747 Å². The van der Waals surface area contributed by atoms with Crippen LogP contribution in [0.1, 0.15) is 0 Å². The Labute approximate surface area is 748 Å². The summed E-state index contributed by atoms with van der Waals surface area (Å²) < 4.78 is 0. The minimum absolute atomic E-state index is 2.12. The lowest BCUT2D eigenvalue weighted by molar-refractivity contribution is 2.31. The first kappa shape index (κ1) is 99.2. The molecule has 0 unspecified atom stereocenters. The zero-order valence-corrected chi connectivity index (χ0v) is 63.8. The standard InChI is InChI=1S/C127H3/c1-3-5-7-9-11-13-15-17-19-21-23-25-27-29-31-33-35-37-39-41-43-45-47-49-51-53-55-57-59-61-63-65-67-69-71-73-75-77-79-81-83-85-87-89-91-93-95-97-99-101-103-105-107-109-111-113-115-117-119-121-123-125-127-126-124-122-120-118-116-114-112-110-108-106-104-102-100-98-96-94-92-90-88-86-84-82-80-78-76-74-72-70-68-66-64-62-60-58-56-54-52-50-48-46-44-42-40-38-36-34-32-30-28-26-24-22-20-18-16-14-12-10-8-6-4-2/h1H,2H2/q-1. The molecule has 0 amide bonds. The lowest BCUT2D eigenvalue weighted by Gasteiger charge is -1.64. The molecule has 0 nitrogen and oxygen atoms in total. The van der Waals surface area contributed by atoms with Crippen LogP contribution in [0.25, 0.3) is 0 Å². The predicted octanol–water partition coefficient (Wildman–Crippen LogP) is 0.664. The Morgan fingerprint density at radius 3 is 0.142 bits per heavy atom. The number of hydrogen-bond donors (Lipinski definition) is 0. The van der Waals surface area contributed by atoms with Crippen molar-refractivity contribution >= 4 is 0 Å². The topological polar surface area (TPSA) is 0 Å². The maximum Gasteiger partial charge on any atom is 0 e. The highest BCUT2D eigenvalue weighted by Gasteiger charge is 1.70. The van der Waals surface area contributed by atoms with E-state index in [1.807, 2.05) is 0 Å². The summed E-state index contributed by atoms with van der Waals surface area (Å²) >= 11 is 0. The van der Waals surface area contributed by atoms with Gasteiger partial charge in [-0.15, -0.1) is 12.3 Å². The Bertz CT molecular complexity index is 8870. The Balaban J connectivity index is 4.65. The van der Waals surface area contributed by atoms with Crippen LogP contribution < -0.4 is 0 Å². The van der Waals surface area contributed by atoms with Gasteiger partial charge in [-0.1, -0.05) is 0 Å². The van der Waals surface area contributed by atoms with Crippen molar-refractivity contribution in [2.45, 2.75) is 0 Å². The molecule has 0 N–H and O–H groups in total. The average molecular weight is 1530 g/mol. The van der Waals surface area contributed by atoms with Gasteiger partial charge < -0.3 is 0 Å². The Kier molecular flexibility index (Phi) is 76.6. The molecule has 0 aromatic rings. The van der Waals surface area contributed by atoms with Gasteiger partial charge in [-0.2, -0.15) is 6.92 Å². The van der Waals surface area contributed by atoms with E-state index in [0.717, 1.165) is 0 Å². The SMILES string of the molecule is C#CC#CC#CC#CC#CC#CC#CC#CC#CC#CC#CC#CC#CC#CC#CC#CC#CC#CC#CC#CC#CC#CC#CC#CC#CC#CC#CC#CC#CC#CC#CC#CC#CC#CC#CC#CC#CC#CC#CC#CC#CC#CC#CC#CC#CC#CC#CC#CC#CC#CC#CC#CC#CC#CC#CC#CC#CC#CC#CC#CC#CC#CC#C[CH2-]. The molecule has 0 aliphatic rings. The highest BCUT2D eigenvalue weighted by atomic mass is 13.7. The number of rotatable bonds is 0. The molecule has 0 spiro atoms. The van der Waals surface area contributed by atoms with Gasteiger partial charge in [-0.3, -0.25) is 5.92 Å². The molecule has 0 aromatic carbocycles. The molecule has 0 heterocycles. The van der Waals surface area contributed by atoms with E-state index < -0.39 is 0 Å². The lowest BCUT2D eigenvalue weighted by Crippen LogP contribution is -1.57. The summed E-state index contributed by atoms with van der Waals surface area (Å²) in [7, 11) is 0. The van der Waals surface area contributed by atoms with Crippen LogP contribution in [0.5, 0.6) is 0 Å². The van der Waals surface area contributed by atoms with Gasteiger partial charge in [0.05, 0.1) is 0 Å². The van der Waals surface area contributed by atoms with Crippen molar-refractivity contribution in [1.29, 1.82) is 0 Å². The third-order valence-corrected chi connectivity index (χ3v) is 7.79. The van der Waals surface area contributed by atoms with E-state index in [4.69, 9.17) is 6.42 Å². The molecule has 127 heavy (non-hydrogen) atoms. The molecule has 0 bridgehead atoms. The second kappa shape index (κ2) is 98.2. The van der Waals surface area contributed by atoms with Crippen molar-refractivity contribution in [3.8, 4) is 746 Å². The summed E-state index contributed by atoms with van der Waals surface area (Å²) in [6.45, 7) is 3.32. The molecule has 0 heteroatoms. The third kappa shape index (κ3) is 98.2. The first-order valence-electron chi connectivity index (χ1n) is 31.6. The van der Waals surface area contributed by atoms with E-state index in [1.54, 1.807) is 0 Å². The molecule has 0 radical (unpaired) electrons. The van der Waals surface area contributed by atoms with Crippen LogP contribution in [0.4, 0.5) is 0 Å². The van der Waals surface area contributed by atoms with Gasteiger partial charge in [0.2, 0.25) is 0 Å². The summed E-state index contributed by atoms with van der Waals surface area (Å²) in [5.41, 5.74) is 0. The van der Waals surface area contributed by atoms with Crippen molar-refractivity contribution in [2.75, 3.05) is 0 Å². The average Bonchev–Trinajstić information content (AvgIpc) is 1.16. The maximum absolute atomic E-state index is 4.96. The van der Waals surface area contributed by atoms with Gasteiger partial charge in [0.1, 0.15) is 0 Å². The van der Waals surface area contributed by atoms with E-state index in [0.29, 0.717) is 0 Å². The van der Waals surface area contributed by atoms with Gasteiger partial charge in [-0.25, -0.2) is 5.92 Å². The molecule has 0 aromatic heterocycles. The maximum atomic E-state index is 4.96. The largest absolute Gasteiger partial charge is 0.284 e. The highest BCUT2D eigenvalue weighted by Crippen LogP contribution is 1.70. The van der Waals surface area contributed by atoms with E-state index in [-0.39, 0.29) is 0 Å². The van der Waals surface area contributed by atoms with Crippen LogP contribution in [-0.4, -0.2) is 0 Å². The van der Waals surface area contributed by atoms with Crippen LogP contribution in [0.15, 0.2) is 0 Å². The Hall–Kier alpha value is -27.8. The summed E-state index contributed by atoms with van der Waals surface area (Å²) in [4.78, 5) is 0. The van der Waals surface area contributed by atoms with Crippen LogP contribution in [0, 0.1) is 753 Å². The van der Waals surface area contributed by atoms with Crippen LogP contribution >= 0.6 is 0 Å². The smallest absolute Gasteiger partial charge is 0 e. The first-order valence-corrected chi connectivity index (χ1v) is 31.6. The molecule has 0 atom stereocenters. The van der Waals surface area contributed by atoms with E-state index in [1.165, 1.54) is 0 Å². The Morgan fingerprint density at radius 2 is 0.102 bits per heavy atom. The number of terminal acetylenes is 1. The zero-order valence-electron chi connectivity index (χ0n) is 63.8. The van der Waals surface area contributed by atoms with E-state index in [9.17, 15) is 0 Å². The molecular formula is C127H3-. The van der Waals surface area contributed by atoms with Gasteiger partial charge in [-0.05, 0) is 94.7 Å². The minimum Gasteiger partial charge on any atom is -0.284 e. The molecule has 0 fully saturated rings. The molecule has 0 aliphatic heterocycles. The molecule has 0 saturated heterocycles. The predicted molar refractivity (Wildman–Crippen MR) is 496 cm³/mol. The molecule has 0 rings (SSSR count). The fraction of sp³-hybridized carbons (Fsp3) is 0. The summed E-state index contributed by atoms with van der Waals surface area (Å²) in [5, 5.41) is 0. The van der Waals surface area contributed by atoms with Crippen molar-refractivity contribution in [1.82, 2.24) is 0 Å². The summed E-state index contributed by atoms with van der Waals surface area (Å²) in [6, 6.07) is 0. The van der Waals surface area contributed by atoms with E-state index >= 15 is 0 Å². The third-order valence-electron chi connectivity index (χ3n) is 7.79. The Morgan fingerprint density at radius 1 is 0.0630 bits per heavy atom. The second-order valence-electron chi connectivity index (χ2n) is 15.7. The summed E-state index contributed by atoms with van der Waals surface area (Å²) in [5.74, 6) is 311. The van der Waals surface area contributed by atoms with Crippen molar-refractivity contribution in [2.24, 2.45) is 0 Å². The lowest BCUT2D eigenvalue weighted by atomic mass is 10.4. The van der Waals surface area contributed by atoms with Crippen molar-refractivity contribution < 1.29 is 0 Å². The quantitative estimate of drug-likeness (QED) is 0.248. The van der Waals surface area contributed by atoms with Gasteiger partial charge in [0.15, 0.2) is 0 Å². The normalized spacial score (nSPS) is 3.96. The monoisotopic (exact) mass is 1530 g/mol. The van der Waals surface area contributed by atoms with Gasteiger partial charge >= 0.3 is 0 Å². The van der Waals surface area contributed by atoms with Crippen LogP contribution in [0.2, 0.25) is 0 Å². The fourth-order valence-corrected chi connectivity index (χ4v) is 3.86. The summed E-state index contributed by atoms with van der Waals surface area (Å²) in [6.07, 6.45) is 4.96. The van der Waals surface area contributed by atoms with Gasteiger partial charge in [0, 0.05) is 628 Å². The highest BCUT2D eigenvalue weighted by molar-refractivity contribution is 5.58. The molecular weight excluding hydrogens is 1530 g/mol. The minimum atomic E-state index is 2.12. The number of hydrogen-bond acceptors (Lipinski definition) is 0. The van der Waals surface area contributed by atoms with Crippen molar-refractivity contribution in [3.63, 3.8) is 0 Å².